The molecular formula is C6H10Cl2N2S. The van der Waals surface area contributed by atoms with Gasteiger partial charge >= 0.3 is 0 Å². The maximum absolute atomic E-state index is 5.71. The Balaban J connectivity index is 0.000001000. The molecule has 64 valence electrons. The molecule has 1 aromatic rings. The van der Waals surface area contributed by atoms with Gasteiger partial charge in [-0.2, -0.15) is 0 Å². The largest absolute Gasteiger partial charge is 0.271 e. The Labute approximate surface area is 81.1 Å². The van der Waals surface area contributed by atoms with Crippen LogP contribution < -0.4 is 11.3 Å². The molecule has 0 aliphatic rings. The van der Waals surface area contributed by atoms with Crippen LogP contribution in [0.15, 0.2) is 11.4 Å². The highest BCUT2D eigenvalue weighted by molar-refractivity contribution is 7.14. The minimum atomic E-state index is 0. The van der Waals surface area contributed by atoms with Crippen LogP contribution in [-0.4, -0.2) is 6.54 Å². The Morgan fingerprint density at radius 1 is 1.64 bits per heavy atom. The first-order valence-electron chi connectivity index (χ1n) is 2.99. The van der Waals surface area contributed by atoms with E-state index < -0.39 is 0 Å². The summed E-state index contributed by atoms with van der Waals surface area (Å²) in [6, 6.07) is 1.96. The van der Waals surface area contributed by atoms with E-state index in [0.717, 1.165) is 17.3 Å². The summed E-state index contributed by atoms with van der Waals surface area (Å²) in [4.78, 5) is 0. The SMILES string of the molecule is Cl.NNCCc1csc(Cl)c1. The lowest BCUT2D eigenvalue weighted by Gasteiger charge is -1.93. The number of hydrogen-bond acceptors (Lipinski definition) is 3. The molecule has 0 atom stereocenters. The number of hydrogen-bond donors (Lipinski definition) is 2. The van der Waals surface area contributed by atoms with Gasteiger partial charge in [-0.15, -0.1) is 23.7 Å². The van der Waals surface area contributed by atoms with Crippen LogP contribution in [0.1, 0.15) is 5.56 Å². The summed E-state index contributed by atoms with van der Waals surface area (Å²) in [5.74, 6) is 5.10. The average molecular weight is 213 g/mol. The quantitative estimate of drug-likeness (QED) is 0.593. The van der Waals surface area contributed by atoms with Crippen molar-refractivity contribution >= 4 is 35.3 Å². The van der Waals surface area contributed by atoms with E-state index in [2.05, 4.69) is 5.43 Å². The van der Waals surface area contributed by atoms with Gasteiger partial charge in [-0.05, 0) is 23.4 Å². The monoisotopic (exact) mass is 212 g/mol. The van der Waals surface area contributed by atoms with Gasteiger partial charge in [0.1, 0.15) is 0 Å². The number of halogens is 2. The highest BCUT2D eigenvalue weighted by Crippen LogP contribution is 2.19. The van der Waals surface area contributed by atoms with Gasteiger partial charge < -0.3 is 0 Å². The number of rotatable bonds is 3. The van der Waals surface area contributed by atoms with E-state index in [0.29, 0.717) is 0 Å². The molecule has 0 spiro atoms. The molecule has 0 aromatic carbocycles. The Kier molecular flexibility index (Phi) is 5.91. The van der Waals surface area contributed by atoms with Crippen LogP contribution in [-0.2, 0) is 6.42 Å². The molecule has 0 bridgehead atoms. The molecule has 0 aliphatic carbocycles. The molecule has 1 aromatic heterocycles. The number of thiophene rings is 1. The highest BCUT2D eigenvalue weighted by atomic mass is 35.5. The van der Waals surface area contributed by atoms with Gasteiger partial charge in [0.15, 0.2) is 0 Å². The van der Waals surface area contributed by atoms with Gasteiger partial charge in [-0.1, -0.05) is 11.6 Å². The van der Waals surface area contributed by atoms with Crippen LogP contribution in [0, 0.1) is 0 Å². The summed E-state index contributed by atoms with van der Waals surface area (Å²) in [6.07, 6.45) is 0.944. The Morgan fingerprint density at radius 2 is 2.36 bits per heavy atom. The van der Waals surface area contributed by atoms with E-state index in [1.54, 1.807) is 11.3 Å². The van der Waals surface area contributed by atoms with Gasteiger partial charge in [-0.25, -0.2) is 0 Å². The van der Waals surface area contributed by atoms with Crippen molar-refractivity contribution in [3.8, 4) is 0 Å². The molecule has 0 saturated heterocycles. The molecule has 5 heteroatoms. The molecular weight excluding hydrogens is 203 g/mol. The number of nitrogens with one attached hydrogen (secondary N) is 1. The first kappa shape index (κ1) is 11.2. The predicted octanol–water partition coefficient (Wildman–Crippen LogP) is 1.83. The topological polar surface area (TPSA) is 38.0 Å². The van der Waals surface area contributed by atoms with Crippen molar-refractivity contribution < 1.29 is 0 Å². The Bertz CT molecular complexity index is 202. The standard InChI is InChI=1S/C6H9ClN2S.ClH/c7-6-3-5(4-10-6)1-2-9-8;/h3-4,9H,1-2,8H2;1H. The lowest BCUT2D eigenvalue weighted by atomic mass is 10.2. The van der Waals surface area contributed by atoms with Crippen molar-refractivity contribution in [3.63, 3.8) is 0 Å². The minimum absolute atomic E-state index is 0. The molecule has 0 aliphatic heterocycles. The lowest BCUT2D eigenvalue weighted by Crippen LogP contribution is -2.24. The first-order chi connectivity index (χ1) is 4.83. The molecule has 1 heterocycles. The van der Waals surface area contributed by atoms with Gasteiger partial charge in [0.2, 0.25) is 0 Å². The van der Waals surface area contributed by atoms with Crippen LogP contribution in [0.4, 0.5) is 0 Å². The van der Waals surface area contributed by atoms with Crippen LogP contribution in [0.3, 0.4) is 0 Å². The summed E-state index contributed by atoms with van der Waals surface area (Å²) < 4.78 is 0.840. The molecule has 0 saturated carbocycles. The summed E-state index contributed by atoms with van der Waals surface area (Å²) in [5, 5.41) is 2.04. The zero-order valence-electron chi connectivity index (χ0n) is 5.84. The third-order valence-corrected chi connectivity index (χ3v) is 2.32. The molecule has 2 nitrogen and oxygen atoms in total. The molecule has 1 rings (SSSR count). The lowest BCUT2D eigenvalue weighted by molar-refractivity contribution is 0.729. The third kappa shape index (κ3) is 3.94. The van der Waals surface area contributed by atoms with Gasteiger partial charge in [-0.3, -0.25) is 11.3 Å². The van der Waals surface area contributed by atoms with Gasteiger partial charge in [0, 0.05) is 6.54 Å². The maximum Gasteiger partial charge on any atom is 0.0931 e. The predicted molar refractivity (Wildman–Crippen MR) is 52.5 cm³/mol. The van der Waals surface area contributed by atoms with E-state index in [1.807, 2.05) is 11.4 Å². The van der Waals surface area contributed by atoms with Crippen molar-refractivity contribution in [2.45, 2.75) is 6.42 Å². The molecule has 11 heavy (non-hydrogen) atoms. The first-order valence-corrected chi connectivity index (χ1v) is 4.25. The molecule has 0 unspecified atom stereocenters. The van der Waals surface area contributed by atoms with E-state index in [4.69, 9.17) is 17.4 Å². The minimum Gasteiger partial charge on any atom is -0.271 e. The summed E-state index contributed by atoms with van der Waals surface area (Å²) in [7, 11) is 0. The summed E-state index contributed by atoms with van der Waals surface area (Å²) >= 11 is 7.26. The zero-order chi connectivity index (χ0) is 7.40. The smallest absolute Gasteiger partial charge is 0.0931 e. The normalized spacial score (nSPS) is 9.27. The molecule has 0 amide bonds. The summed E-state index contributed by atoms with van der Waals surface area (Å²) in [6.45, 7) is 0.799. The second-order valence-corrected chi connectivity index (χ2v) is 3.51. The summed E-state index contributed by atoms with van der Waals surface area (Å²) in [5.41, 5.74) is 3.83. The van der Waals surface area contributed by atoms with E-state index in [1.165, 1.54) is 5.56 Å². The second kappa shape index (κ2) is 5.80. The van der Waals surface area contributed by atoms with Crippen molar-refractivity contribution in [2.75, 3.05) is 6.54 Å². The maximum atomic E-state index is 5.71. The fourth-order valence-electron chi connectivity index (χ4n) is 0.693. The highest BCUT2D eigenvalue weighted by Gasteiger charge is 1.95. The Morgan fingerprint density at radius 3 is 2.82 bits per heavy atom. The number of nitrogens with two attached hydrogens (primary N) is 1. The van der Waals surface area contributed by atoms with Crippen LogP contribution in [0.25, 0.3) is 0 Å². The van der Waals surface area contributed by atoms with Crippen molar-refractivity contribution in [1.29, 1.82) is 0 Å². The Hall–Kier alpha value is 0.200. The van der Waals surface area contributed by atoms with E-state index >= 15 is 0 Å². The third-order valence-electron chi connectivity index (χ3n) is 1.18. The van der Waals surface area contributed by atoms with Crippen molar-refractivity contribution in [2.24, 2.45) is 5.84 Å². The number of hydrazine groups is 1. The molecule has 3 N–H and O–H groups in total. The molecule has 0 fully saturated rings. The molecule has 0 radical (unpaired) electrons. The fraction of sp³-hybridized carbons (Fsp3) is 0.333. The van der Waals surface area contributed by atoms with Crippen molar-refractivity contribution in [1.82, 2.24) is 5.43 Å². The fourth-order valence-corrected chi connectivity index (χ4v) is 1.64. The van der Waals surface area contributed by atoms with E-state index in [-0.39, 0.29) is 12.4 Å². The van der Waals surface area contributed by atoms with Crippen molar-refractivity contribution in [3.05, 3.63) is 21.3 Å². The van der Waals surface area contributed by atoms with Crippen LogP contribution in [0.2, 0.25) is 4.34 Å². The van der Waals surface area contributed by atoms with Gasteiger partial charge in [0.25, 0.3) is 0 Å². The second-order valence-electron chi connectivity index (χ2n) is 1.96. The van der Waals surface area contributed by atoms with Crippen LogP contribution in [0.5, 0.6) is 0 Å². The average Bonchev–Trinajstić information content (AvgIpc) is 2.31. The zero-order valence-corrected chi connectivity index (χ0v) is 8.23. The van der Waals surface area contributed by atoms with E-state index in [9.17, 15) is 0 Å². The van der Waals surface area contributed by atoms with Crippen LogP contribution >= 0.6 is 35.3 Å². The van der Waals surface area contributed by atoms with Gasteiger partial charge in [0.05, 0.1) is 4.34 Å².